The zero-order chi connectivity index (χ0) is 15.0. The van der Waals surface area contributed by atoms with Crippen LogP contribution in [0.5, 0.6) is 0 Å². The molecule has 0 radical (unpaired) electrons. The third kappa shape index (κ3) is 2.60. The van der Waals surface area contributed by atoms with Crippen molar-refractivity contribution in [2.24, 2.45) is 7.05 Å². The SMILES string of the molecule is Cc1cnc(C2(NC(=O)c3cc(Br)nn3C)CCOC2)[nH]1. The molecule has 8 heteroatoms. The molecular weight excluding hydrogens is 338 g/mol. The van der Waals surface area contributed by atoms with Crippen molar-refractivity contribution in [3.8, 4) is 0 Å². The molecule has 2 aromatic rings. The molecule has 3 rings (SSSR count). The second kappa shape index (κ2) is 5.27. The molecule has 0 aliphatic carbocycles. The van der Waals surface area contributed by atoms with E-state index < -0.39 is 5.54 Å². The number of carbonyl (C=O) groups is 1. The number of rotatable bonds is 3. The summed E-state index contributed by atoms with van der Waals surface area (Å²) in [5.41, 5.74) is 0.826. The Kier molecular flexibility index (Phi) is 3.58. The molecule has 1 unspecified atom stereocenters. The summed E-state index contributed by atoms with van der Waals surface area (Å²) in [5, 5.41) is 7.18. The highest BCUT2D eigenvalue weighted by atomic mass is 79.9. The first-order chi connectivity index (χ1) is 10.00. The number of nitrogens with one attached hydrogen (secondary N) is 2. The Bertz CT molecular complexity index is 672. The summed E-state index contributed by atoms with van der Waals surface area (Å²) in [6, 6.07) is 1.69. The van der Waals surface area contributed by atoms with Crippen molar-refractivity contribution in [1.29, 1.82) is 0 Å². The van der Waals surface area contributed by atoms with Gasteiger partial charge in [-0.05, 0) is 22.9 Å². The van der Waals surface area contributed by atoms with Crippen molar-refractivity contribution in [2.75, 3.05) is 13.2 Å². The third-order valence-corrected chi connectivity index (χ3v) is 4.00. The highest BCUT2D eigenvalue weighted by molar-refractivity contribution is 9.10. The number of nitrogens with zero attached hydrogens (tertiary/aromatic N) is 3. The minimum absolute atomic E-state index is 0.199. The smallest absolute Gasteiger partial charge is 0.270 e. The van der Waals surface area contributed by atoms with Crippen molar-refractivity contribution >= 4 is 21.8 Å². The Morgan fingerprint density at radius 2 is 2.43 bits per heavy atom. The Morgan fingerprint density at radius 3 is 2.95 bits per heavy atom. The van der Waals surface area contributed by atoms with Crippen LogP contribution in [-0.2, 0) is 17.3 Å². The van der Waals surface area contributed by atoms with Gasteiger partial charge in [-0.3, -0.25) is 9.48 Å². The van der Waals surface area contributed by atoms with Gasteiger partial charge in [0, 0.05) is 38.0 Å². The van der Waals surface area contributed by atoms with Crippen LogP contribution < -0.4 is 5.32 Å². The average Bonchev–Trinajstić information content (AvgIpc) is 3.11. The number of hydrogen-bond donors (Lipinski definition) is 2. The van der Waals surface area contributed by atoms with Gasteiger partial charge < -0.3 is 15.0 Å². The lowest BCUT2D eigenvalue weighted by atomic mass is 9.97. The Balaban J connectivity index is 1.89. The fourth-order valence-electron chi connectivity index (χ4n) is 2.49. The number of halogens is 1. The molecule has 0 bridgehead atoms. The van der Waals surface area contributed by atoms with Gasteiger partial charge in [-0.2, -0.15) is 5.10 Å². The molecule has 0 spiro atoms. The molecule has 1 atom stereocenters. The van der Waals surface area contributed by atoms with Crippen LogP contribution in [0.1, 0.15) is 28.4 Å². The molecule has 2 aromatic heterocycles. The quantitative estimate of drug-likeness (QED) is 0.869. The predicted molar refractivity (Wildman–Crippen MR) is 78.8 cm³/mol. The lowest BCUT2D eigenvalue weighted by Crippen LogP contribution is -2.47. The van der Waals surface area contributed by atoms with E-state index in [1.807, 2.05) is 6.92 Å². The number of aryl methyl sites for hydroxylation is 2. The van der Waals surface area contributed by atoms with Crippen molar-refractivity contribution in [3.63, 3.8) is 0 Å². The van der Waals surface area contributed by atoms with Gasteiger partial charge in [0.2, 0.25) is 0 Å². The molecule has 21 heavy (non-hydrogen) atoms. The van der Waals surface area contributed by atoms with Gasteiger partial charge >= 0.3 is 0 Å². The normalized spacial score (nSPS) is 21.7. The number of H-pyrrole nitrogens is 1. The van der Waals surface area contributed by atoms with Crippen LogP contribution in [0.15, 0.2) is 16.9 Å². The fourth-order valence-corrected chi connectivity index (χ4v) is 2.95. The van der Waals surface area contributed by atoms with Crippen LogP contribution in [0, 0.1) is 6.92 Å². The number of imidazole rings is 1. The van der Waals surface area contributed by atoms with E-state index in [0.29, 0.717) is 29.9 Å². The van der Waals surface area contributed by atoms with Crippen LogP contribution in [0.3, 0.4) is 0 Å². The lowest BCUT2D eigenvalue weighted by molar-refractivity contribution is 0.0860. The third-order valence-electron chi connectivity index (χ3n) is 3.61. The molecule has 1 amide bonds. The van der Waals surface area contributed by atoms with E-state index in [4.69, 9.17) is 4.74 Å². The summed E-state index contributed by atoms with van der Waals surface area (Å²) in [4.78, 5) is 20.1. The molecule has 1 saturated heterocycles. The first kappa shape index (κ1) is 14.3. The fraction of sp³-hybridized carbons (Fsp3) is 0.462. The molecule has 1 aliphatic heterocycles. The zero-order valence-electron chi connectivity index (χ0n) is 11.8. The average molecular weight is 354 g/mol. The number of aromatic amines is 1. The first-order valence-electron chi connectivity index (χ1n) is 6.62. The first-order valence-corrected chi connectivity index (χ1v) is 7.41. The van der Waals surface area contributed by atoms with Crippen LogP contribution in [0.25, 0.3) is 0 Å². The van der Waals surface area contributed by atoms with Crippen LogP contribution in [0.2, 0.25) is 0 Å². The van der Waals surface area contributed by atoms with Gasteiger partial charge in [0.25, 0.3) is 5.91 Å². The number of hydrogen-bond acceptors (Lipinski definition) is 4. The molecule has 7 nitrogen and oxygen atoms in total. The maximum absolute atomic E-state index is 12.5. The Labute approximate surface area is 130 Å². The number of aromatic nitrogens is 4. The van der Waals surface area contributed by atoms with Gasteiger partial charge in [0.05, 0.1) is 6.61 Å². The number of carbonyl (C=O) groups excluding carboxylic acids is 1. The van der Waals surface area contributed by atoms with E-state index in [1.165, 1.54) is 4.68 Å². The summed E-state index contributed by atoms with van der Waals surface area (Å²) in [7, 11) is 1.73. The van der Waals surface area contributed by atoms with E-state index in [2.05, 4.69) is 36.3 Å². The molecule has 0 saturated carbocycles. The summed E-state index contributed by atoms with van der Waals surface area (Å²) in [6.07, 6.45) is 2.44. The van der Waals surface area contributed by atoms with Gasteiger partial charge in [0.15, 0.2) is 0 Å². The molecular formula is C13H16BrN5O2. The standard InChI is InChI=1S/C13H16BrN5O2/c1-8-6-15-12(16-8)13(3-4-21-7-13)17-11(20)9-5-10(14)18-19(9)2/h5-6H,3-4,7H2,1-2H3,(H,15,16)(H,17,20). The van der Waals surface area contributed by atoms with Crippen molar-refractivity contribution in [3.05, 3.63) is 34.1 Å². The Hall–Kier alpha value is -1.67. The topological polar surface area (TPSA) is 84.8 Å². The van der Waals surface area contributed by atoms with Crippen molar-refractivity contribution in [2.45, 2.75) is 18.9 Å². The lowest BCUT2D eigenvalue weighted by Gasteiger charge is -2.26. The van der Waals surface area contributed by atoms with Crippen LogP contribution >= 0.6 is 15.9 Å². The maximum atomic E-state index is 12.5. The molecule has 2 N–H and O–H groups in total. The van der Waals surface area contributed by atoms with Crippen molar-refractivity contribution in [1.82, 2.24) is 25.1 Å². The zero-order valence-corrected chi connectivity index (χ0v) is 13.4. The van der Waals surface area contributed by atoms with E-state index in [0.717, 1.165) is 11.5 Å². The minimum atomic E-state index is -0.609. The number of amides is 1. The van der Waals surface area contributed by atoms with E-state index in [-0.39, 0.29) is 5.91 Å². The summed E-state index contributed by atoms with van der Waals surface area (Å²) in [5.74, 6) is 0.530. The van der Waals surface area contributed by atoms with Gasteiger partial charge in [0.1, 0.15) is 21.7 Å². The summed E-state index contributed by atoms with van der Waals surface area (Å²) < 4.78 is 7.65. The van der Waals surface area contributed by atoms with Crippen molar-refractivity contribution < 1.29 is 9.53 Å². The summed E-state index contributed by atoms with van der Waals surface area (Å²) >= 11 is 3.27. The van der Waals surface area contributed by atoms with Crippen LogP contribution in [-0.4, -0.2) is 38.9 Å². The minimum Gasteiger partial charge on any atom is -0.378 e. The predicted octanol–water partition coefficient (Wildman–Crippen LogP) is 1.26. The second-order valence-electron chi connectivity index (χ2n) is 5.23. The van der Waals surface area contributed by atoms with Crippen LogP contribution in [0.4, 0.5) is 0 Å². The second-order valence-corrected chi connectivity index (χ2v) is 6.04. The van der Waals surface area contributed by atoms with E-state index >= 15 is 0 Å². The van der Waals surface area contributed by atoms with Gasteiger partial charge in [-0.1, -0.05) is 0 Å². The summed E-state index contributed by atoms with van der Waals surface area (Å²) in [6.45, 7) is 2.93. The molecule has 1 fully saturated rings. The highest BCUT2D eigenvalue weighted by Crippen LogP contribution is 2.29. The molecule has 112 valence electrons. The van der Waals surface area contributed by atoms with Gasteiger partial charge in [-0.15, -0.1) is 0 Å². The monoisotopic (exact) mass is 353 g/mol. The maximum Gasteiger partial charge on any atom is 0.270 e. The van der Waals surface area contributed by atoms with E-state index in [9.17, 15) is 4.79 Å². The molecule has 3 heterocycles. The Morgan fingerprint density at radius 1 is 1.62 bits per heavy atom. The van der Waals surface area contributed by atoms with Gasteiger partial charge in [-0.25, -0.2) is 4.98 Å². The molecule has 1 aliphatic rings. The highest BCUT2D eigenvalue weighted by Gasteiger charge is 2.41. The molecule has 0 aromatic carbocycles. The van der Waals surface area contributed by atoms with E-state index in [1.54, 1.807) is 19.3 Å². The number of ether oxygens (including phenoxy) is 1. The largest absolute Gasteiger partial charge is 0.378 e.